The van der Waals surface area contributed by atoms with E-state index in [2.05, 4.69) is 10.2 Å². The van der Waals surface area contributed by atoms with E-state index in [1.165, 1.54) is 16.3 Å². The number of hydrogen-bond donors (Lipinski definition) is 1. The van der Waals surface area contributed by atoms with Gasteiger partial charge >= 0.3 is 11.7 Å². The van der Waals surface area contributed by atoms with Crippen molar-refractivity contribution in [2.45, 2.75) is 44.8 Å². The van der Waals surface area contributed by atoms with E-state index >= 15 is 0 Å². The first-order valence-electron chi connectivity index (χ1n) is 8.29. The third kappa shape index (κ3) is 4.62. The minimum Gasteiger partial charge on any atom is -0.466 e. The Hall–Kier alpha value is -1.77. The summed E-state index contributed by atoms with van der Waals surface area (Å²) < 4.78 is 6.59. The van der Waals surface area contributed by atoms with Gasteiger partial charge in [-0.3, -0.25) is 14.2 Å². The Morgan fingerprint density at radius 1 is 1.42 bits per heavy atom. The van der Waals surface area contributed by atoms with Gasteiger partial charge in [0.05, 0.1) is 18.3 Å². The molecule has 1 aromatic rings. The van der Waals surface area contributed by atoms with Gasteiger partial charge in [-0.25, -0.2) is 9.89 Å². The second-order valence-corrected chi connectivity index (χ2v) is 6.63. The highest BCUT2D eigenvalue weighted by Crippen LogP contribution is 2.20. The summed E-state index contributed by atoms with van der Waals surface area (Å²) in [5.41, 5.74) is -0.257. The number of thioether (sulfide) groups is 1. The van der Waals surface area contributed by atoms with Gasteiger partial charge in [0.15, 0.2) is 5.16 Å². The van der Waals surface area contributed by atoms with E-state index < -0.39 is 0 Å². The summed E-state index contributed by atoms with van der Waals surface area (Å²) in [5, 5.41) is 6.90. The average Bonchev–Trinajstić information content (AvgIpc) is 2.94. The molecule has 1 saturated heterocycles. The molecular formula is C15H24N4O4S. The minimum absolute atomic E-state index is 0.0486. The van der Waals surface area contributed by atoms with Gasteiger partial charge in [0.1, 0.15) is 0 Å². The molecule has 2 rings (SSSR count). The van der Waals surface area contributed by atoms with Crippen molar-refractivity contribution in [2.24, 2.45) is 5.92 Å². The number of nitrogens with one attached hydrogen (secondary N) is 1. The summed E-state index contributed by atoms with van der Waals surface area (Å²) >= 11 is 1.24. The smallest absolute Gasteiger partial charge is 0.343 e. The zero-order valence-electron chi connectivity index (χ0n) is 14.1. The van der Waals surface area contributed by atoms with Gasteiger partial charge < -0.3 is 9.64 Å². The predicted octanol–water partition coefficient (Wildman–Crippen LogP) is 0.875. The number of H-pyrrole nitrogens is 1. The summed E-state index contributed by atoms with van der Waals surface area (Å²) in [6, 6.07) is 0. The molecule has 1 fully saturated rings. The number of rotatable bonds is 7. The lowest BCUT2D eigenvalue weighted by Crippen LogP contribution is -2.43. The average molecular weight is 356 g/mol. The highest BCUT2D eigenvalue weighted by atomic mass is 32.2. The van der Waals surface area contributed by atoms with E-state index in [4.69, 9.17) is 4.74 Å². The molecule has 1 aliphatic heterocycles. The maximum atomic E-state index is 12.4. The van der Waals surface area contributed by atoms with E-state index in [0.29, 0.717) is 31.4 Å². The number of nitrogens with zero attached hydrogens (tertiary/aromatic N) is 3. The Morgan fingerprint density at radius 3 is 2.92 bits per heavy atom. The fraction of sp³-hybridized carbons (Fsp3) is 0.733. The van der Waals surface area contributed by atoms with Crippen molar-refractivity contribution < 1.29 is 14.3 Å². The van der Waals surface area contributed by atoms with Gasteiger partial charge in [-0.05, 0) is 26.2 Å². The second-order valence-electron chi connectivity index (χ2n) is 5.68. The van der Waals surface area contributed by atoms with Gasteiger partial charge in [0.2, 0.25) is 5.91 Å². The van der Waals surface area contributed by atoms with Gasteiger partial charge in [0, 0.05) is 19.6 Å². The second kappa shape index (κ2) is 8.91. The zero-order valence-corrected chi connectivity index (χ0v) is 14.9. The number of likely N-dealkylation sites (tertiary alicyclic amines) is 1. The van der Waals surface area contributed by atoms with Crippen LogP contribution in [0.1, 0.15) is 33.1 Å². The number of ether oxygens (including phenoxy) is 1. The molecule has 9 heteroatoms. The molecule has 0 saturated carbocycles. The van der Waals surface area contributed by atoms with Crippen LogP contribution in [0.15, 0.2) is 9.95 Å². The van der Waals surface area contributed by atoms with Gasteiger partial charge in [-0.15, -0.1) is 5.10 Å². The monoisotopic (exact) mass is 356 g/mol. The molecule has 24 heavy (non-hydrogen) atoms. The summed E-state index contributed by atoms with van der Waals surface area (Å²) in [6.07, 6.45) is 2.36. The first-order valence-corrected chi connectivity index (χ1v) is 9.27. The van der Waals surface area contributed by atoms with E-state index in [0.717, 1.165) is 19.3 Å². The van der Waals surface area contributed by atoms with Gasteiger partial charge in [0.25, 0.3) is 0 Å². The molecule has 1 aromatic heterocycles. The Bertz CT molecular complexity index is 627. The Balaban J connectivity index is 1.90. The number of hydrogen-bond acceptors (Lipinski definition) is 6. The molecule has 8 nitrogen and oxygen atoms in total. The normalized spacial score (nSPS) is 17.8. The van der Waals surface area contributed by atoms with E-state index in [9.17, 15) is 14.4 Å². The maximum Gasteiger partial charge on any atom is 0.343 e. The van der Waals surface area contributed by atoms with E-state index in [1.807, 2.05) is 6.92 Å². The van der Waals surface area contributed by atoms with Crippen molar-refractivity contribution in [1.29, 1.82) is 0 Å². The number of piperidine rings is 1. The van der Waals surface area contributed by atoms with Crippen molar-refractivity contribution in [3.05, 3.63) is 10.5 Å². The Morgan fingerprint density at radius 2 is 2.21 bits per heavy atom. The number of carbonyl (C=O) groups is 2. The highest BCUT2D eigenvalue weighted by Gasteiger charge is 2.29. The molecular weight excluding hydrogens is 332 g/mol. The van der Waals surface area contributed by atoms with Crippen molar-refractivity contribution in [3.8, 4) is 0 Å². The third-order valence-corrected chi connectivity index (χ3v) is 4.85. The Labute approximate surface area is 144 Å². The molecule has 1 atom stereocenters. The first kappa shape index (κ1) is 18.6. The van der Waals surface area contributed by atoms with E-state index in [1.54, 1.807) is 11.8 Å². The van der Waals surface area contributed by atoms with Crippen LogP contribution in [0, 0.1) is 5.92 Å². The van der Waals surface area contributed by atoms with Crippen LogP contribution in [0.2, 0.25) is 0 Å². The number of amides is 1. The molecule has 0 radical (unpaired) electrons. The van der Waals surface area contributed by atoms with E-state index in [-0.39, 0.29) is 29.2 Å². The Kier molecular flexibility index (Phi) is 6.89. The largest absolute Gasteiger partial charge is 0.466 e. The van der Waals surface area contributed by atoms with Crippen LogP contribution in [0.5, 0.6) is 0 Å². The lowest BCUT2D eigenvalue weighted by atomic mass is 9.98. The fourth-order valence-electron chi connectivity index (χ4n) is 2.71. The number of aromatic amines is 1. The summed E-state index contributed by atoms with van der Waals surface area (Å²) in [7, 11) is 0. The lowest BCUT2D eigenvalue weighted by molar-refractivity contribution is -0.151. The molecule has 0 bridgehead atoms. The molecule has 0 unspecified atom stereocenters. The van der Waals surface area contributed by atoms with Crippen LogP contribution >= 0.6 is 11.8 Å². The van der Waals surface area contributed by atoms with Crippen molar-refractivity contribution in [1.82, 2.24) is 19.7 Å². The quantitative estimate of drug-likeness (QED) is 0.575. The van der Waals surface area contributed by atoms with Crippen LogP contribution in [-0.4, -0.2) is 57.0 Å². The van der Waals surface area contributed by atoms with Crippen LogP contribution < -0.4 is 5.69 Å². The van der Waals surface area contributed by atoms with Crippen molar-refractivity contribution in [2.75, 3.05) is 25.4 Å². The van der Waals surface area contributed by atoms with Crippen molar-refractivity contribution >= 4 is 23.6 Å². The van der Waals surface area contributed by atoms with Gasteiger partial charge in [-0.2, -0.15) is 0 Å². The zero-order chi connectivity index (χ0) is 17.5. The standard InChI is InChI=1S/C15H24N4O4S/c1-3-7-19-14(22)16-17-15(19)24-10-12(20)18-8-5-6-11(9-18)13(21)23-4-2/h11H,3-10H2,1-2H3,(H,16,22)/t11-/m0/s1. The molecule has 1 amide bonds. The van der Waals surface area contributed by atoms with Crippen LogP contribution in [0.3, 0.4) is 0 Å². The molecule has 134 valence electrons. The number of aromatic nitrogens is 3. The summed E-state index contributed by atoms with van der Waals surface area (Å²) in [4.78, 5) is 37.6. The molecule has 2 heterocycles. The first-order chi connectivity index (χ1) is 11.6. The van der Waals surface area contributed by atoms with Crippen LogP contribution in [0.4, 0.5) is 0 Å². The minimum atomic E-state index is -0.257. The topological polar surface area (TPSA) is 97.3 Å². The summed E-state index contributed by atoms with van der Waals surface area (Å²) in [6.45, 7) is 5.73. The molecule has 0 aromatic carbocycles. The lowest BCUT2D eigenvalue weighted by Gasteiger charge is -2.31. The fourth-order valence-corrected chi connectivity index (χ4v) is 3.58. The molecule has 1 N–H and O–H groups in total. The van der Waals surface area contributed by atoms with Crippen molar-refractivity contribution in [3.63, 3.8) is 0 Å². The summed E-state index contributed by atoms with van der Waals surface area (Å²) in [5.74, 6) is -0.320. The van der Waals surface area contributed by atoms with Crippen LogP contribution in [0.25, 0.3) is 0 Å². The predicted molar refractivity (Wildman–Crippen MR) is 89.8 cm³/mol. The SMILES string of the molecule is CCCn1c(SCC(=O)N2CCC[C@H](C(=O)OCC)C2)n[nH]c1=O. The number of carbonyl (C=O) groups excluding carboxylic acids is 2. The third-order valence-electron chi connectivity index (χ3n) is 3.89. The number of esters is 1. The molecule has 0 spiro atoms. The van der Waals surface area contributed by atoms with Gasteiger partial charge in [-0.1, -0.05) is 18.7 Å². The maximum absolute atomic E-state index is 12.4. The highest BCUT2D eigenvalue weighted by molar-refractivity contribution is 7.99. The van der Waals surface area contributed by atoms with Crippen LogP contribution in [-0.2, 0) is 20.9 Å². The molecule has 1 aliphatic rings. The molecule has 0 aliphatic carbocycles.